The van der Waals surface area contributed by atoms with Crippen LogP contribution in [0.4, 0.5) is 0 Å². The van der Waals surface area contributed by atoms with Crippen molar-refractivity contribution in [3.8, 4) is 0 Å². The molecule has 0 aliphatic heterocycles. The van der Waals surface area contributed by atoms with Crippen LogP contribution in [0, 0.1) is 0 Å². The SMILES string of the molecule is C=C/C=C\N=C\NCC(O)CN(CC)CCC. The van der Waals surface area contributed by atoms with Crippen molar-refractivity contribution < 1.29 is 5.11 Å². The van der Waals surface area contributed by atoms with Crippen molar-refractivity contribution in [1.29, 1.82) is 0 Å². The number of rotatable bonds is 10. The summed E-state index contributed by atoms with van der Waals surface area (Å²) in [4.78, 5) is 6.19. The maximum absolute atomic E-state index is 9.78. The molecular formula is C13H25N3O. The highest BCUT2D eigenvalue weighted by atomic mass is 16.3. The van der Waals surface area contributed by atoms with Crippen molar-refractivity contribution in [1.82, 2.24) is 10.2 Å². The highest BCUT2D eigenvalue weighted by Gasteiger charge is 2.08. The van der Waals surface area contributed by atoms with Gasteiger partial charge in [0.25, 0.3) is 0 Å². The minimum Gasteiger partial charge on any atom is -0.390 e. The molecule has 0 aliphatic carbocycles. The van der Waals surface area contributed by atoms with E-state index in [1.165, 1.54) is 0 Å². The van der Waals surface area contributed by atoms with E-state index in [4.69, 9.17) is 0 Å². The van der Waals surface area contributed by atoms with Crippen molar-refractivity contribution in [2.75, 3.05) is 26.2 Å². The zero-order chi connectivity index (χ0) is 12.9. The third kappa shape index (κ3) is 9.78. The van der Waals surface area contributed by atoms with E-state index in [-0.39, 0.29) is 6.10 Å². The first-order valence-electron chi connectivity index (χ1n) is 6.17. The lowest BCUT2D eigenvalue weighted by Crippen LogP contribution is -2.38. The molecular weight excluding hydrogens is 214 g/mol. The second-order valence-electron chi connectivity index (χ2n) is 3.81. The van der Waals surface area contributed by atoms with Gasteiger partial charge in [0.2, 0.25) is 0 Å². The summed E-state index contributed by atoms with van der Waals surface area (Å²) in [5.74, 6) is 0. The van der Waals surface area contributed by atoms with Gasteiger partial charge in [-0.1, -0.05) is 26.5 Å². The fourth-order valence-corrected chi connectivity index (χ4v) is 1.45. The number of likely N-dealkylation sites (N-methyl/N-ethyl adjacent to an activating group) is 1. The fraction of sp³-hybridized carbons (Fsp3) is 0.615. The maximum atomic E-state index is 9.78. The maximum Gasteiger partial charge on any atom is 0.0879 e. The number of nitrogens with one attached hydrogen (secondary N) is 1. The van der Waals surface area contributed by atoms with Gasteiger partial charge >= 0.3 is 0 Å². The van der Waals surface area contributed by atoms with Crippen LogP contribution in [-0.4, -0.2) is 48.6 Å². The topological polar surface area (TPSA) is 47.9 Å². The van der Waals surface area contributed by atoms with E-state index in [9.17, 15) is 5.11 Å². The number of allylic oxidation sites excluding steroid dienone is 2. The Morgan fingerprint density at radius 1 is 1.47 bits per heavy atom. The van der Waals surface area contributed by atoms with Gasteiger partial charge in [0.1, 0.15) is 0 Å². The van der Waals surface area contributed by atoms with E-state index in [1.807, 2.05) is 0 Å². The first-order valence-corrected chi connectivity index (χ1v) is 6.17. The van der Waals surface area contributed by atoms with Crippen LogP contribution in [0.15, 0.2) is 29.9 Å². The van der Waals surface area contributed by atoms with E-state index < -0.39 is 0 Å². The summed E-state index contributed by atoms with van der Waals surface area (Å²) in [5, 5.41) is 12.7. The highest BCUT2D eigenvalue weighted by Crippen LogP contribution is 1.93. The first kappa shape index (κ1) is 15.9. The van der Waals surface area contributed by atoms with Gasteiger partial charge in [-0.05, 0) is 25.6 Å². The monoisotopic (exact) mass is 239 g/mol. The Balaban J connectivity index is 3.70. The third-order valence-electron chi connectivity index (χ3n) is 2.28. The zero-order valence-corrected chi connectivity index (χ0v) is 11.0. The summed E-state index contributed by atoms with van der Waals surface area (Å²) < 4.78 is 0. The molecule has 0 amide bonds. The van der Waals surface area contributed by atoms with Crippen molar-refractivity contribution in [2.45, 2.75) is 26.4 Å². The molecule has 2 N–H and O–H groups in total. The standard InChI is InChI=1S/C13H25N3O/c1-4-7-8-14-12-15-10-13(17)11-16(6-3)9-5-2/h4,7-8,12-13,17H,1,5-6,9-11H2,2-3H3,(H,14,15)/b8-7-. The smallest absolute Gasteiger partial charge is 0.0879 e. The van der Waals surface area contributed by atoms with E-state index in [0.717, 1.165) is 19.5 Å². The third-order valence-corrected chi connectivity index (χ3v) is 2.28. The molecule has 4 nitrogen and oxygen atoms in total. The Labute approximate surface area is 105 Å². The van der Waals surface area contributed by atoms with Crippen LogP contribution in [0.3, 0.4) is 0 Å². The van der Waals surface area contributed by atoms with E-state index >= 15 is 0 Å². The minimum atomic E-state index is -0.365. The molecule has 0 heterocycles. The second-order valence-corrected chi connectivity index (χ2v) is 3.81. The van der Waals surface area contributed by atoms with Gasteiger partial charge in [-0.3, -0.25) is 0 Å². The van der Waals surface area contributed by atoms with Gasteiger partial charge in [-0.25, -0.2) is 4.99 Å². The summed E-state index contributed by atoms with van der Waals surface area (Å²) >= 11 is 0. The molecule has 0 aliphatic rings. The van der Waals surface area contributed by atoms with E-state index in [0.29, 0.717) is 13.1 Å². The molecule has 0 bridgehead atoms. The van der Waals surface area contributed by atoms with E-state index in [1.54, 1.807) is 24.7 Å². The molecule has 1 unspecified atom stereocenters. The van der Waals surface area contributed by atoms with Crippen LogP contribution in [0.5, 0.6) is 0 Å². The molecule has 0 aromatic rings. The number of nitrogens with zero attached hydrogens (tertiary/aromatic N) is 2. The Hall–Kier alpha value is -1.13. The number of hydrogen-bond donors (Lipinski definition) is 2. The minimum absolute atomic E-state index is 0.365. The number of hydrogen-bond acceptors (Lipinski definition) is 3. The predicted octanol–water partition coefficient (Wildman–Crippen LogP) is 1.40. The van der Waals surface area contributed by atoms with Crippen LogP contribution >= 0.6 is 0 Å². The zero-order valence-electron chi connectivity index (χ0n) is 11.0. The summed E-state index contributed by atoms with van der Waals surface area (Å²) in [7, 11) is 0. The molecule has 1 atom stereocenters. The Bertz CT molecular complexity index is 239. The Kier molecular flexibility index (Phi) is 10.6. The Morgan fingerprint density at radius 3 is 2.82 bits per heavy atom. The molecule has 0 aromatic heterocycles. The van der Waals surface area contributed by atoms with Crippen LogP contribution in [-0.2, 0) is 0 Å². The molecule has 0 aromatic carbocycles. The number of aliphatic hydroxyl groups excluding tert-OH is 1. The van der Waals surface area contributed by atoms with Gasteiger partial charge in [-0.2, -0.15) is 0 Å². The van der Waals surface area contributed by atoms with Gasteiger partial charge in [0.05, 0.1) is 12.4 Å². The highest BCUT2D eigenvalue weighted by molar-refractivity contribution is 5.55. The quantitative estimate of drug-likeness (QED) is 0.344. The van der Waals surface area contributed by atoms with Crippen LogP contribution in [0.2, 0.25) is 0 Å². The average molecular weight is 239 g/mol. The van der Waals surface area contributed by atoms with Crippen LogP contribution in [0.25, 0.3) is 0 Å². The van der Waals surface area contributed by atoms with Crippen LogP contribution < -0.4 is 5.32 Å². The van der Waals surface area contributed by atoms with Gasteiger partial charge < -0.3 is 15.3 Å². The first-order chi connectivity index (χ1) is 8.24. The van der Waals surface area contributed by atoms with Crippen molar-refractivity contribution in [3.63, 3.8) is 0 Å². The second kappa shape index (κ2) is 11.4. The molecule has 17 heavy (non-hydrogen) atoms. The lowest BCUT2D eigenvalue weighted by Gasteiger charge is -2.22. The van der Waals surface area contributed by atoms with Crippen LogP contribution in [0.1, 0.15) is 20.3 Å². The summed E-state index contributed by atoms with van der Waals surface area (Å²) in [5.41, 5.74) is 0. The summed E-state index contributed by atoms with van der Waals surface area (Å²) in [6.45, 7) is 11.0. The molecule has 4 heteroatoms. The van der Waals surface area contributed by atoms with Gasteiger partial charge in [-0.15, -0.1) is 0 Å². The summed E-state index contributed by atoms with van der Waals surface area (Å²) in [6, 6.07) is 0. The predicted molar refractivity (Wildman–Crippen MR) is 74.2 cm³/mol. The molecule has 0 spiro atoms. The van der Waals surface area contributed by atoms with Crippen molar-refractivity contribution in [2.24, 2.45) is 4.99 Å². The fourth-order valence-electron chi connectivity index (χ4n) is 1.45. The largest absolute Gasteiger partial charge is 0.390 e. The lowest BCUT2D eigenvalue weighted by atomic mass is 10.3. The van der Waals surface area contributed by atoms with Crippen molar-refractivity contribution in [3.05, 3.63) is 24.9 Å². The Morgan fingerprint density at radius 2 is 2.24 bits per heavy atom. The molecule has 0 fully saturated rings. The number of aliphatic imine (C=N–C) groups is 1. The normalized spacial score (nSPS) is 13.6. The molecule has 0 rings (SSSR count). The lowest BCUT2D eigenvalue weighted by molar-refractivity contribution is 0.118. The average Bonchev–Trinajstić information content (AvgIpc) is 2.33. The summed E-state index contributed by atoms with van der Waals surface area (Å²) in [6.07, 6.45) is 7.38. The van der Waals surface area contributed by atoms with Gasteiger partial charge in [0, 0.05) is 19.3 Å². The molecule has 0 radical (unpaired) electrons. The van der Waals surface area contributed by atoms with Gasteiger partial charge in [0.15, 0.2) is 0 Å². The number of aliphatic hydroxyl groups is 1. The van der Waals surface area contributed by atoms with E-state index in [2.05, 4.69) is 35.6 Å². The van der Waals surface area contributed by atoms with Crippen molar-refractivity contribution >= 4 is 6.34 Å². The molecule has 0 saturated carbocycles. The molecule has 0 saturated heterocycles. The molecule has 98 valence electrons.